The number of hydrogen-bond donors (Lipinski definition) is 0. The number of aryl methyl sites for hydroxylation is 1. The Morgan fingerprint density at radius 2 is 1.21 bits per heavy atom. The molecule has 5 heteroatoms. The molecule has 4 rings (SSSR count). The molecule has 0 amide bonds. The van der Waals surface area contributed by atoms with Crippen molar-refractivity contribution >= 4 is 21.5 Å². The van der Waals surface area contributed by atoms with Gasteiger partial charge in [-0.3, -0.25) is 0 Å². The Kier molecular flexibility index (Phi) is 7.01. The van der Waals surface area contributed by atoms with E-state index in [1.807, 2.05) is 110 Å². The van der Waals surface area contributed by atoms with Crippen LogP contribution in [0.3, 0.4) is 0 Å². The zero-order valence-electron chi connectivity index (χ0n) is 18.5. The quantitative estimate of drug-likeness (QED) is 0.248. The van der Waals surface area contributed by atoms with Crippen molar-refractivity contribution in [3.8, 4) is 0 Å². The zero-order valence-corrected chi connectivity index (χ0v) is 19.3. The van der Waals surface area contributed by atoms with Gasteiger partial charge in [-0.15, -0.1) is 0 Å². The lowest BCUT2D eigenvalue weighted by atomic mass is 10.1. The highest BCUT2D eigenvalue weighted by Gasteiger charge is 2.28. The van der Waals surface area contributed by atoms with Crippen LogP contribution in [0.2, 0.25) is 0 Å². The maximum atomic E-state index is 13.9. The summed E-state index contributed by atoms with van der Waals surface area (Å²) in [6.45, 7) is 2.13. The number of hydrogen-bond acceptors (Lipinski definition) is 3. The lowest BCUT2D eigenvalue weighted by Gasteiger charge is -2.26. The molecule has 0 aliphatic rings. The van der Waals surface area contributed by atoms with Gasteiger partial charge in [0.05, 0.1) is 17.1 Å². The summed E-state index contributed by atoms with van der Waals surface area (Å²) in [5.41, 5.74) is 3.60. The van der Waals surface area contributed by atoms with Crippen LogP contribution in [0.4, 0.5) is 5.69 Å². The van der Waals surface area contributed by atoms with E-state index in [4.69, 9.17) is 4.99 Å². The number of aliphatic imine (C=N–C) groups is 1. The topological polar surface area (TPSA) is 49.7 Å². The van der Waals surface area contributed by atoms with Crippen LogP contribution in [0, 0.1) is 6.92 Å². The standard InChI is InChI=1S/C28H26N2O2S/c1-23-17-19-27(20-18-23)33(31,32)30(22-25-13-7-3-8-14-25)28(21-24-11-5-2-6-12-24)29-26-15-9-4-10-16-26/h2-20H,21-22H2,1H3. The van der Waals surface area contributed by atoms with E-state index in [1.165, 1.54) is 4.31 Å². The Morgan fingerprint density at radius 3 is 1.79 bits per heavy atom. The molecule has 0 heterocycles. The van der Waals surface area contributed by atoms with Crippen molar-refractivity contribution in [3.63, 3.8) is 0 Å². The van der Waals surface area contributed by atoms with Gasteiger partial charge in [-0.25, -0.2) is 17.7 Å². The predicted octanol–water partition coefficient (Wildman–Crippen LogP) is 6.16. The molecule has 166 valence electrons. The summed E-state index contributed by atoms with van der Waals surface area (Å²) in [5, 5.41) is 0. The Hall–Kier alpha value is -3.70. The van der Waals surface area contributed by atoms with Crippen LogP contribution in [-0.4, -0.2) is 18.6 Å². The highest BCUT2D eigenvalue weighted by atomic mass is 32.2. The molecule has 4 aromatic rings. The van der Waals surface area contributed by atoms with E-state index in [0.717, 1.165) is 16.7 Å². The fourth-order valence-electron chi connectivity index (χ4n) is 3.52. The number of rotatable bonds is 7. The second-order valence-corrected chi connectivity index (χ2v) is 9.70. The van der Waals surface area contributed by atoms with Gasteiger partial charge in [-0.05, 0) is 42.3 Å². The summed E-state index contributed by atoms with van der Waals surface area (Å²) < 4.78 is 29.3. The molecule has 0 N–H and O–H groups in total. The van der Waals surface area contributed by atoms with Crippen molar-refractivity contribution in [1.29, 1.82) is 0 Å². The summed E-state index contributed by atoms with van der Waals surface area (Å²) in [7, 11) is -3.85. The summed E-state index contributed by atoms with van der Waals surface area (Å²) >= 11 is 0. The molecule has 0 saturated carbocycles. The molecule has 0 radical (unpaired) electrons. The van der Waals surface area contributed by atoms with Crippen molar-refractivity contribution in [3.05, 3.63) is 132 Å². The van der Waals surface area contributed by atoms with Gasteiger partial charge in [0.1, 0.15) is 5.84 Å². The van der Waals surface area contributed by atoms with Crippen LogP contribution in [0.15, 0.2) is 125 Å². The van der Waals surface area contributed by atoms with Gasteiger partial charge in [0.2, 0.25) is 0 Å². The van der Waals surface area contributed by atoms with E-state index >= 15 is 0 Å². The lowest BCUT2D eigenvalue weighted by Crippen LogP contribution is -2.37. The van der Waals surface area contributed by atoms with Crippen molar-refractivity contribution in [2.45, 2.75) is 24.8 Å². The van der Waals surface area contributed by atoms with E-state index < -0.39 is 10.0 Å². The van der Waals surface area contributed by atoms with Gasteiger partial charge in [0.15, 0.2) is 0 Å². The van der Waals surface area contributed by atoms with Crippen molar-refractivity contribution < 1.29 is 8.42 Å². The van der Waals surface area contributed by atoms with Gasteiger partial charge in [0.25, 0.3) is 10.0 Å². The highest BCUT2D eigenvalue weighted by molar-refractivity contribution is 7.89. The average Bonchev–Trinajstić information content (AvgIpc) is 2.84. The second kappa shape index (κ2) is 10.3. The third kappa shape index (κ3) is 5.76. The minimum Gasteiger partial charge on any atom is -0.249 e. The Morgan fingerprint density at radius 1 is 0.697 bits per heavy atom. The van der Waals surface area contributed by atoms with Gasteiger partial charge < -0.3 is 0 Å². The highest BCUT2D eigenvalue weighted by Crippen LogP contribution is 2.23. The molecule has 0 fully saturated rings. The van der Waals surface area contributed by atoms with Crippen LogP contribution in [0.1, 0.15) is 16.7 Å². The van der Waals surface area contributed by atoms with Gasteiger partial charge >= 0.3 is 0 Å². The first-order chi connectivity index (χ1) is 16.0. The summed E-state index contributed by atoms with van der Waals surface area (Å²) in [6.07, 6.45) is 0.383. The maximum absolute atomic E-state index is 13.9. The average molecular weight is 455 g/mol. The molecular weight excluding hydrogens is 428 g/mol. The molecule has 0 unspecified atom stereocenters. The molecule has 33 heavy (non-hydrogen) atoms. The number of para-hydroxylation sites is 1. The first kappa shape index (κ1) is 22.5. The molecule has 0 aromatic heterocycles. The molecular formula is C28H26N2O2S. The lowest BCUT2D eigenvalue weighted by molar-refractivity contribution is 0.515. The zero-order chi connectivity index (χ0) is 23.1. The van der Waals surface area contributed by atoms with Gasteiger partial charge in [0, 0.05) is 6.42 Å². The fraction of sp³-hybridized carbons (Fsp3) is 0.107. The number of benzene rings is 4. The molecule has 4 nitrogen and oxygen atoms in total. The summed E-state index contributed by atoms with van der Waals surface area (Å²) in [5.74, 6) is 0.469. The van der Waals surface area contributed by atoms with E-state index in [0.29, 0.717) is 17.9 Å². The SMILES string of the molecule is Cc1ccc(S(=O)(=O)N(Cc2ccccc2)C(Cc2ccccc2)=Nc2ccccc2)cc1. The molecule has 0 bridgehead atoms. The molecule has 0 saturated heterocycles. The number of amidine groups is 1. The Labute approximate surface area is 195 Å². The van der Waals surface area contributed by atoms with Crippen molar-refractivity contribution in [2.24, 2.45) is 4.99 Å². The Bertz CT molecular complexity index is 1300. The molecule has 4 aromatic carbocycles. The van der Waals surface area contributed by atoms with Crippen molar-refractivity contribution in [2.75, 3.05) is 0 Å². The van der Waals surface area contributed by atoms with E-state index in [2.05, 4.69) is 0 Å². The first-order valence-corrected chi connectivity index (χ1v) is 12.3. The third-order valence-electron chi connectivity index (χ3n) is 5.29. The van der Waals surface area contributed by atoms with Crippen LogP contribution < -0.4 is 0 Å². The van der Waals surface area contributed by atoms with Gasteiger partial charge in [-0.2, -0.15) is 0 Å². The van der Waals surface area contributed by atoms with E-state index in [-0.39, 0.29) is 11.4 Å². The fourth-order valence-corrected chi connectivity index (χ4v) is 4.95. The molecule has 0 spiro atoms. The monoisotopic (exact) mass is 454 g/mol. The van der Waals surface area contributed by atoms with Crippen LogP contribution in [0.5, 0.6) is 0 Å². The minimum absolute atomic E-state index is 0.190. The predicted molar refractivity (Wildman–Crippen MR) is 134 cm³/mol. The van der Waals surface area contributed by atoms with E-state index in [1.54, 1.807) is 12.1 Å². The van der Waals surface area contributed by atoms with Crippen LogP contribution in [-0.2, 0) is 23.0 Å². The molecule has 0 aliphatic carbocycles. The summed E-state index contributed by atoms with van der Waals surface area (Å²) in [4.78, 5) is 5.07. The largest absolute Gasteiger partial charge is 0.265 e. The van der Waals surface area contributed by atoms with E-state index in [9.17, 15) is 8.42 Å². The minimum atomic E-state index is -3.85. The maximum Gasteiger partial charge on any atom is 0.265 e. The van der Waals surface area contributed by atoms with Gasteiger partial charge in [-0.1, -0.05) is 96.6 Å². The molecule has 0 aliphatic heterocycles. The number of nitrogens with zero attached hydrogens (tertiary/aromatic N) is 2. The smallest absolute Gasteiger partial charge is 0.249 e. The van der Waals surface area contributed by atoms with Crippen molar-refractivity contribution in [1.82, 2.24) is 4.31 Å². The van der Waals surface area contributed by atoms with Crippen LogP contribution in [0.25, 0.3) is 0 Å². The first-order valence-electron chi connectivity index (χ1n) is 10.8. The normalized spacial score (nSPS) is 11.8. The van der Waals surface area contributed by atoms with Crippen LogP contribution >= 0.6 is 0 Å². The number of sulfonamides is 1. The second-order valence-electron chi connectivity index (χ2n) is 7.84. The molecule has 0 atom stereocenters. The summed E-state index contributed by atoms with van der Waals surface area (Å²) in [6, 6.07) is 35.9. The Balaban J connectivity index is 1.85. The third-order valence-corrected chi connectivity index (χ3v) is 7.07.